The van der Waals surface area contributed by atoms with Crippen LogP contribution in [-0.4, -0.2) is 25.8 Å². The topological polar surface area (TPSA) is 87.6 Å². The molecule has 3 N–H and O–H groups in total. The van der Waals surface area contributed by atoms with E-state index < -0.39 is 17.8 Å². The summed E-state index contributed by atoms with van der Waals surface area (Å²) in [4.78, 5) is 19.9. The van der Waals surface area contributed by atoms with E-state index in [1.165, 1.54) is 12.1 Å². The monoisotopic (exact) mass is 428 g/mol. The average molecular weight is 428 g/mol. The normalized spacial score (nSPS) is 11.8. The molecule has 2 amide bonds. The van der Waals surface area contributed by atoms with Crippen molar-refractivity contribution in [1.82, 2.24) is 19.7 Å². The second-order valence-corrected chi connectivity index (χ2v) is 7.30. The van der Waals surface area contributed by atoms with Crippen LogP contribution in [0.3, 0.4) is 0 Å². The fraction of sp³-hybridized carbons (Fsp3) is 0.190. The number of nitrogens with zero attached hydrogens (tertiary/aromatic N) is 3. The van der Waals surface area contributed by atoms with Crippen LogP contribution in [0.2, 0.25) is 0 Å². The third-order valence-corrected chi connectivity index (χ3v) is 4.73. The van der Waals surface area contributed by atoms with Crippen molar-refractivity contribution in [3.05, 3.63) is 66.1 Å². The molecule has 0 spiro atoms. The first-order valence-corrected chi connectivity index (χ1v) is 9.49. The highest BCUT2D eigenvalue weighted by Gasteiger charge is 2.30. The van der Waals surface area contributed by atoms with Gasteiger partial charge in [-0.2, -0.15) is 18.3 Å². The molecule has 3 heterocycles. The first kappa shape index (κ1) is 20.5. The molecule has 0 saturated heterocycles. The number of carbonyl (C=O) groups excluding carboxylic acids is 1. The summed E-state index contributed by atoms with van der Waals surface area (Å²) in [5.41, 5.74) is 2.19. The van der Waals surface area contributed by atoms with Gasteiger partial charge in [-0.1, -0.05) is 13.8 Å². The lowest BCUT2D eigenvalue weighted by molar-refractivity contribution is -0.137. The average Bonchev–Trinajstić information content (AvgIpc) is 3.35. The minimum Gasteiger partial charge on any atom is -0.358 e. The molecule has 0 unspecified atom stereocenters. The molecule has 10 heteroatoms. The molecule has 0 radical (unpaired) electrons. The highest BCUT2D eigenvalue weighted by molar-refractivity contribution is 6.04. The predicted molar refractivity (Wildman–Crippen MR) is 111 cm³/mol. The Morgan fingerprint density at radius 2 is 1.84 bits per heavy atom. The molecular weight excluding hydrogens is 409 g/mol. The maximum Gasteiger partial charge on any atom is 0.416 e. The number of anilines is 2. The third kappa shape index (κ3) is 4.37. The first-order chi connectivity index (χ1) is 14.7. The van der Waals surface area contributed by atoms with Crippen LogP contribution in [0.5, 0.6) is 0 Å². The van der Waals surface area contributed by atoms with Gasteiger partial charge in [-0.15, -0.1) is 0 Å². The predicted octanol–water partition coefficient (Wildman–Crippen LogP) is 5.53. The number of hydrogen-bond acceptors (Lipinski definition) is 3. The van der Waals surface area contributed by atoms with Gasteiger partial charge < -0.3 is 15.6 Å². The Kier molecular flexibility index (Phi) is 5.14. The minimum absolute atomic E-state index is 0.233. The number of carbonyl (C=O) groups is 1. The van der Waals surface area contributed by atoms with Crippen LogP contribution < -0.4 is 10.6 Å². The van der Waals surface area contributed by atoms with Gasteiger partial charge in [0.1, 0.15) is 5.52 Å². The van der Waals surface area contributed by atoms with Crippen molar-refractivity contribution in [3.8, 4) is 5.82 Å². The summed E-state index contributed by atoms with van der Waals surface area (Å²) >= 11 is 0. The zero-order chi connectivity index (χ0) is 22.2. The number of aromatic nitrogens is 4. The van der Waals surface area contributed by atoms with Crippen LogP contribution in [-0.2, 0) is 6.18 Å². The summed E-state index contributed by atoms with van der Waals surface area (Å²) in [6.45, 7) is 4.14. The summed E-state index contributed by atoms with van der Waals surface area (Å²) in [6.07, 6.45) is 0.843. The van der Waals surface area contributed by atoms with Crippen molar-refractivity contribution in [3.63, 3.8) is 0 Å². The van der Waals surface area contributed by atoms with Gasteiger partial charge in [0.05, 0.1) is 23.0 Å². The lowest BCUT2D eigenvalue weighted by Crippen LogP contribution is -2.19. The van der Waals surface area contributed by atoms with E-state index in [0.717, 1.165) is 17.7 Å². The van der Waals surface area contributed by atoms with Crippen LogP contribution >= 0.6 is 0 Å². The molecule has 0 bridgehead atoms. The molecule has 31 heavy (non-hydrogen) atoms. The molecule has 0 aliphatic rings. The Labute approximate surface area is 175 Å². The maximum absolute atomic E-state index is 12.7. The number of halogens is 3. The molecule has 3 aromatic heterocycles. The summed E-state index contributed by atoms with van der Waals surface area (Å²) in [5, 5.41) is 9.51. The number of H-pyrrole nitrogens is 1. The quantitative estimate of drug-likeness (QED) is 0.399. The van der Waals surface area contributed by atoms with Gasteiger partial charge in [0.25, 0.3) is 0 Å². The second kappa shape index (κ2) is 7.78. The highest BCUT2D eigenvalue weighted by atomic mass is 19.4. The standard InChI is InChI=1S/C21H19F3N6O/c1-12(2)13-9-26-30(11-13)18-8-7-16-19(29-18)17(10-25-16)28-20(31)27-15-5-3-14(4-6-15)21(22,23)24/h3-12,25H,1-2H3,(H2,27,28,31). The summed E-state index contributed by atoms with van der Waals surface area (Å²) in [5.74, 6) is 0.918. The number of amides is 2. The van der Waals surface area contributed by atoms with Gasteiger partial charge >= 0.3 is 12.2 Å². The highest BCUT2D eigenvalue weighted by Crippen LogP contribution is 2.30. The Balaban J connectivity index is 1.52. The fourth-order valence-electron chi connectivity index (χ4n) is 3.00. The number of fused-ring (bicyclic) bond motifs is 1. The van der Waals surface area contributed by atoms with Crippen LogP contribution in [0.1, 0.15) is 30.9 Å². The van der Waals surface area contributed by atoms with Gasteiger partial charge in [0.2, 0.25) is 0 Å². The lowest BCUT2D eigenvalue weighted by Gasteiger charge is -2.09. The smallest absolute Gasteiger partial charge is 0.358 e. The molecule has 0 aliphatic carbocycles. The molecule has 0 aliphatic heterocycles. The molecule has 0 saturated carbocycles. The van der Waals surface area contributed by atoms with E-state index in [0.29, 0.717) is 28.5 Å². The van der Waals surface area contributed by atoms with E-state index >= 15 is 0 Å². The van der Waals surface area contributed by atoms with E-state index in [1.54, 1.807) is 17.1 Å². The molecule has 0 atom stereocenters. The number of alkyl halides is 3. The number of urea groups is 1. The molecule has 0 fully saturated rings. The number of benzene rings is 1. The van der Waals surface area contributed by atoms with Crippen LogP contribution in [0, 0.1) is 0 Å². The van der Waals surface area contributed by atoms with E-state index in [-0.39, 0.29) is 5.69 Å². The molecule has 1 aromatic carbocycles. The van der Waals surface area contributed by atoms with Crippen LogP contribution in [0.25, 0.3) is 16.9 Å². The van der Waals surface area contributed by atoms with E-state index in [1.807, 2.05) is 18.3 Å². The van der Waals surface area contributed by atoms with E-state index in [4.69, 9.17) is 0 Å². The zero-order valence-corrected chi connectivity index (χ0v) is 16.7. The Bertz CT molecular complexity index is 1220. The summed E-state index contributed by atoms with van der Waals surface area (Å²) in [7, 11) is 0. The third-order valence-electron chi connectivity index (χ3n) is 4.73. The van der Waals surface area contributed by atoms with Gasteiger partial charge in [0.15, 0.2) is 5.82 Å². The van der Waals surface area contributed by atoms with Crippen molar-refractivity contribution in [2.75, 3.05) is 10.6 Å². The number of pyridine rings is 1. The summed E-state index contributed by atoms with van der Waals surface area (Å²) < 4.78 is 39.6. The van der Waals surface area contributed by atoms with Gasteiger partial charge in [0, 0.05) is 18.1 Å². The molecular formula is C21H19F3N6O. The largest absolute Gasteiger partial charge is 0.416 e. The fourth-order valence-corrected chi connectivity index (χ4v) is 3.00. The number of rotatable bonds is 4. The SMILES string of the molecule is CC(C)c1cnn(-c2ccc3[nH]cc(NC(=O)Nc4ccc(C(F)(F)F)cc4)c3n2)c1. The number of nitrogens with one attached hydrogen (secondary N) is 3. The van der Waals surface area contributed by atoms with Gasteiger partial charge in [-0.3, -0.25) is 0 Å². The molecule has 4 aromatic rings. The van der Waals surface area contributed by atoms with Crippen LogP contribution in [0.15, 0.2) is 55.0 Å². The Morgan fingerprint density at radius 3 is 2.48 bits per heavy atom. The van der Waals surface area contributed by atoms with E-state index in [9.17, 15) is 18.0 Å². The van der Waals surface area contributed by atoms with Gasteiger partial charge in [-0.05, 0) is 47.9 Å². The van der Waals surface area contributed by atoms with Crippen LogP contribution in [0.4, 0.5) is 29.3 Å². The van der Waals surface area contributed by atoms with Crippen molar-refractivity contribution < 1.29 is 18.0 Å². The Hall–Kier alpha value is -3.82. The molecule has 160 valence electrons. The zero-order valence-electron chi connectivity index (χ0n) is 16.7. The van der Waals surface area contributed by atoms with Crippen molar-refractivity contribution in [2.45, 2.75) is 25.9 Å². The molecule has 4 rings (SSSR count). The summed E-state index contributed by atoms with van der Waals surface area (Å²) in [6, 6.07) is 7.23. The van der Waals surface area contributed by atoms with Crippen molar-refractivity contribution >= 4 is 28.4 Å². The van der Waals surface area contributed by atoms with Crippen molar-refractivity contribution in [1.29, 1.82) is 0 Å². The minimum atomic E-state index is -4.43. The molecule has 7 nitrogen and oxygen atoms in total. The van der Waals surface area contributed by atoms with Crippen molar-refractivity contribution in [2.24, 2.45) is 0 Å². The number of aromatic amines is 1. The Morgan fingerprint density at radius 1 is 1.10 bits per heavy atom. The second-order valence-electron chi connectivity index (χ2n) is 7.30. The van der Waals surface area contributed by atoms with Gasteiger partial charge in [-0.25, -0.2) is 14.5 Å². The maximum atomic E-state index is 12.7. The van der Waals surface area contributed by atoms with E-state index in [2.05, 4.69) is 39.5 Å². The number of hydrogen-bond donors (Lipinski definition) is 3. The lowest BCUT2D eigenvalue weighted by atomic mass is 10.1. The first-order valence-electron chi connectivity index (χ1n) is 9.49.